The molecular weight excluding hydrogens is 314 g/mol. The Morgan fingerprint density at radius 1 is 1.23 bits per heavy atom. The minimum atomic E-state index is -0.976. The molecule has 114 valence electrons. The number of nitrogens with one attached hydrogen (secondary N) is 4. The number of fused-ring (bicyclic) bond motifs is 1. The van der Waals surface area contributed by atoms with E-state index < -0.39 is 28.6 Å². The van der Waals surface area contributed by atoms with Crippen molar-refractivity contribution >= 4 is 35.0 Å². The lowest BCUT2D eigenvalue weighted by Crippen LogP contribution is -2.30. The summed E-state index contributed by atoms with van der Waals surface area (Å²) in [5.41, 5.74) is -0.615. The molecule has 5 N–H and O–H groups in total. The van der Waals surface area contributed by atoms with Crippen LogP contribution in [0.5, 0.6) is 5.88 Å². The van der Waals surface area contributed by atoms with Crippen molar-refractivity contribution in [3.63, 3.8) is 0 Å². The Kier molecular flexibility index (Phi) is 4.00. The molecule has 9 nitrogen and oxygen atoms in total. The lowest BCUT2D eigenvalue weighted by Gasteiger charge is -2.05. The Morgan fingerprint density at radius 3 is 2.73 bits per heavy atom. The molecule has 0 saturated heterocycles. The van der Waals surface area contributed by atoms with Crippen molar-refractivity contribution in [1.29, 1.82) is 0 Å². The number of aromatic hydroxyl groups is 1. The maximum atomic E-state index is 12.0. The summed E-state index contributed by atoms with van der Waals surface area (Å²) < 4.78 is 0. The smallest absolute Gasteiger partial charge is 0.328 e. The number of H-pyrrole nitrogens is 3. The third-order valence-electron chi connectivity index (χ3n) is 2.83. The number of halogens is 1. The minimum absolute atomic E-state index is 0. The average Bonchev–Trinajstić information content (AvgIpc) is 2.84. The van der Waals surface area contributed by atoms with Crippen molar-refractivity contribution in [1.82, 2.24) is 19.9 Å². The molecule has 10 heteroatoms. The van der Waals surface area contributed by atoms with E-state index in [1.165, 1.54) is 6.33 Å². The molecule has 0 radical (unpaired) electrons. The molecule has 0 aliphatic rings. The van der Waals surface area contributed by atoms with E-state index in [1.807, 2.05) is 9.97 Å². The summed E-state index contributed by atoms with van der Waals surface area (Å²) in [5.74, 6) is -1.63. The summed E-state index contributed by atoms with van der Waals surface area (Å²) in [6, 6.07) is 4.90. The van der Waals surface area contributed by atoms with Crippen LogP contribution in [-0.4, -0.2) is 30.9 Å². The number of rotatable bonds is 2. The van der Waals surface area contributed by atoms with E-state index >= 15 is 0 Å². The number of aromatic amines is 3. The minimum Gasteiger partial charge on any atom is -0.494 e. The van der Waals surface area contributed by atoms with Crippen LogP contribution >= 0.6 is 12.4 Å². The fourth-order valence-corrected chi connectivity index (χ4v) is 1.89. The fourth-order valence-electron chi connectivity index (χ4n) is 1.89. The highest BCUT2D eigenvalue weighted by atomic mass is 35.5. The van der Waals surface area contributed by atoms with Crippen LogP contribution in [0.2, 0.25) is 0 Å². The van der Waals surface area contributed by atoms with E-state index in [4.69, 9.17) is 0 Å². The van der Waals surface area contributed by atoms with Crippen molar-refractivity contribution in [2.75, 3.05) is 5.32 Å². The molecule has 0 spiro atoms. The van der Waals surface area contributed by atoms with Crippen molar-refractivity contribution in [3.05, 3.63) is 50.9 Å². The zero-order valence-electron chi connectivity index (χ0n) is 10.8. The first-order chi connectivity index (χ1) is 10.0. The van der Waals surface area contributed by atoms with E-state index in [-0.39, 0.29) is 12.4 Å². The predicted octanol–water partition coefficient (Wildman–Crippen LogP) is 0.319. The third kappa shape index (κ3) is 2.69. The Balaban J connectivity index is 0.00000176. The van der Waals surface area contributed by atoms with Gasteiger partial charge in [0.15, 0.2) is 5.56 Å². The molecule has 2 heterocycles. The van der Waals surface area contributed by atoms with Gasteiger partial charge in [-0.1, -0.05) is 0 Å². The number of imidazole rings is 1. The fraction of sp³-hybridized carbons (Fsp3) is 0. The molecule has 1 amide bonds. The lowest BCUT2D eigenvalue weighted by molar-refractivity contribution is 0.102. The molecule has 0 aliphatic carbocycles. The molecule has 0 fully saturated rings. The third-order valence-corrected chi connectivity index (χ3v) is 2.83. The largest absolute Gasteiger partial charge is 0.494 e. The number of nitrogens with zero attached hydrogens (tertiary/aromatic N) is 1. The van der Waals surface area contributed by atoms with Crippen molar-refractivity contribution in [2.24, 2.45) is 0 Å². The van der Waals surface area contributed by atoms with Crippen molar-refractivity contribution in [2.45, 2.75) is 0 Å². The average molecular weight is 324 g/mol. The first kappa shape index (κ1) is 15.3. The van der Waals surface area contributed by atoms with Crippen LogP contribution in [-0.2, 0) is 0 Å². The molecule has 0 saturated carbocycles. The predicted molar refractivity (Wildman–Crippen MR) is 80.6 cm³/mol. The molecule has 2 aromatic heterocycles. The Morgan fingerprint density at radius 2 is 2.00 bits per heavy atom. The maximum Gasteiger partial charge on any atom is 0.328 e. The zero-order chi connectivity index (χ0) is 15.0. The molecular formula is C12H10ClN5O4. The Hall–Kier alpha value is -3.07. The van der Waals surface area contributed by atoms with Crippen LogP contribution in [0.25, 0.3) is 11.0 Å². The van der Waals surface area contributed by atoms with Gasteiger partial charge < -0.3 is 15.4 Å². The lowest BCUT2D eigenvalue weighted by atomic mass is 10.2. The molecule has 3 rings (SSSR count). The number of carbonyl (C=O) groups is 1. The standard InChI is InChI=1S/C12H9N5O4.ClH/c18-9(8-10(19)16-12(21)17-11(8)20)15-5-1-2-6-7(3-5)14-4-13-6;/h1-4H,(H,13,14)(H,15,18)(H3,16,17,19,20,21);1H. The van der Waals surface area contributed by atoms with Gasteiger partial charge in [-0.05, 0) is 18.2 Å². The van der Waals surface area contributed by atoms with Crippen molar-refractivity contribution in [3.8, 4) is 5.88 Å². The van der Waals surface area contributed by atoms with Crippen LogP contribution in [0.1, 0.15) is 10.4 Å². The van der Waals surface area contributed by atoms with E-state index in [9.17, 15) is 19.5 Å². The van der Waals surface area contributed by atoms with E-state index in [2.05, 4.69) is 15.3 Å². The van der Waals surface area contributed by atoms with Gasteiger partial charge in [0.1, 0.15) is 0 Å². The molecule has 0 atom stereocenters. The normalized spacial score (nSPS) is 10.2. The Labute approximate surface area is 127 Å². The van der Waals surface area contributed by atoms with E-state index in [1.54, 1.807) is 18.2 Å². The quantitative estimate of drug-likeness (QED) is 0.461. The first-order valence-corrected chi connectivity index (χ1v) is 5.84. The van der Waals surface area contributed by atoms with Gasteiger partial charge in [-0.3, -0.25) is 19.6 Å². The number of anilines is 1. The second kappa shape index (κ2) is 5.74. The number of aromatic nitrogens is 4. The molecule has 22 heavy (non-hydrogen) atoms. The van der Waals surface area contributed by atoms with Crippen LogP contribution in [0.4, 0.5) is 5.69 Å². The number of carbonyl (C=O) groups excluding carboxylic acids is 1. The highest BCUT2D eigenvalue weighted by molar-refractivity contribution is 6.06. The zero-order valence-corrected chi connectivity index (χ0v) is 11.7. The topological polar surface area (TPSA) is 144 Å². The van der Waals surface area contributed by atoms with Gasteiger partial charge in [0, 0.05) is 5.69 Å². The van der Waals surface area contributed by atoms with E-state index in [0.717, 1.165) is 5.52 Å². The summed E-state index contributed by atoms with van der Waals surface area (Å²) in [7, 11) is 0. The summed E-state index contributed by atoms with van der Waals surface area (Å²) in [4.78, 5) is 45.2. The molecule has 1 aromatic carbocycles. The van der Waals surface area contributed by atoms with Crippen LogP contribution in [0.15, 0.2) is 34.1 Å². The van der Waals surface area contributed by atoms with Gasteiger partial charge in [0.05, 0.1) is 17.4 Å². The van der Waals surface area contributed by atoms with Gasteiger partial charge in [0.2, 0.25) is 5.88 Å². The van der Waals surface area contributed by atoms with Crippen LogP contribution < -0.4 is 16.6 Å². The first-order valence-electron chi connectivity index (χ1n) is 5.84. The maximum absolute atomic E-state index is 12.0. The highest BCUT2D eigenvalue weighted by Gasteiger charge is 2.17. The molecule has 0 unspecified atom stereocenters. The van der Waals surface area contributed by atoms with Gasteiger partial charge in [0.25, 0.3) is 11.5 Å². The second-order valence-electron chi connectivity index (χ2n) is 4.22. The second-order valence-corrected chi connectivity index (χ2v) is 4.22. The summed E-state index contributed by atoms with van der Waals surface area (Å²) in [5, 5.41) is 12.0. The van der Waals surface area contributed by atoms with Gasteiger partial charge >= 0.3 is 5.69 Å². The summed E-state index contributed by atoms with van der Waals surface area (Å²) in [6.45, 7) is 0. The molecule has 0 aliphatic heterocycles. The SMILES string of the molecule is Cl.O=C(Nc1ccc2nc[nH]c2c1)c1c(O)[nH]c(=O)[nH]c1=O. The summed E-state index contributed by atoms with van der Waals surface area (Å²) >= 11 is 0. The number of amides is 1. The van der Waals surface area contributed by atoms with E-state index in [0.29, 0.717) is 11.2 Å². The summed E-state index contributed by atoms with van der Waals surface area (Å²) in [6.07, 6.45) is 1.51. The molecule has 0 bridgehead atoms. The van der Waals surface area contributed by atoms with Crippen molar-refractivity contribution < 1.29 is 9.90 Å². The highest BCUT2D eigenvalue weighted by Crippen LogP contribution is 2.17. The van der Waals surface area contributed by atoms with Gasteiger partial charge in [-0.15, -0.1) is 12.4 Å². The Bertz CT molecular complexity index is 958. The van der Waals surface area contributed by atoms with Crippen LogP contribution in [0, 0.1) is 0 Å². The number of hydrogen-bond donors (Lipinski definition) is 5. The monoisotopic (exact) mass is 323 g/mol. The van der Waals surface area contributed by atoms with Crippen LogP contribution in [0.3, 0.4) is 0 Å². The number of benzene rings is 1. The number of hydrogen-bond acceptors (Lipinski definition) is 5. The molecule has 3 aromatic rings. The van der Waals surface area contributed by atoms with Gasteiger partial charge in [-0.2, -0.15) is 0 Å². The van der Waals surface area contributed by atoms with Gasteiger partial charge in [-0.25, -0.2) is 9.78 Å².